The molecule has 0 fully saturated rings. The largest absolute Gasteiger partial charge is 0.399 e. The van der Waals surface area contributed by atoms with Crippen LogP contribution in [0.15, 0.2) is 48.6 Å². The van der Waals surface area contributed by atoms with Crippen molar-refractivity contribution in [3.8, 4) is 0 Å². The lowest BCUT2D eigenvalue weighted by Crippen LogP contribution is -2.48. The van der Waals surface area contributed by atoms with E-state index in [1.807, 2.05) is 35.3 Å². The number of carbonyl (C=O) groups excluding carboxylic acids is 1. The van der Waals surface area contributed by atoms with E-state index in [2.05, 4.69) is 29.6 Å². The lowest BCUT2D eigenvalue weighted by atomic mass is 9.95. The second kappa shape index (κ2) is 4.26. The average molecular weight is 301 g/mol. The van der Waals surface area contributed by atoms with Crippen LogP contribution in [0.5, 0.6) is 0 Å². The third kappa shape index (κ3) is 1.58. The van der Waals surface area contributed by atoms with Crippen LogP contribution in [0.4, 0.5) is 17.1 Å². The minimum absolute atomic E-state index is 0.0749. The molecule has 5 rings (SSSR count). The first-order valence-electron chi connectivity index (χ1n) is 7.72. The molecular weight excluding hydrogens is 286 g/mol. The normalized spacial score (nSPS) is 20.2. The van der Waals surface area contributed by atoms with Gasteiger partial charge in [0, 0.05) is 16.8 Å². The number of amides is 1. The summed E-state index contributed by atoms with van der Waals surface area (Å²) in [6.45, 7) is 0. The first kappa shape index (κ1) is 12.5. The van der Waals surface area contributed by atoms with Gasteiger partial charge in [-0.1, -0.05) is 36.4 Å². The van der Waals surface area contributed by atoms with Gasteiger partial charge in [-0.3, -0.25) is 9.69 Å². The molecule has 2 heterocycles. The fourth-order valence-electron chi connectivity index (χ4n) is 3.78. The molecule has 4 nitrogen and oxygen atoms in total. The predicted molar refractivity (Wildman–Crippen MR) is 92.0 cm³/mol. The molecule has 3 N–H and O–H groups in total. The van der Waals surface area contributed by atoms with Crippen LogP contribution >= 0.6 is 0 Å². The Kier molecular flexibility index (Phi) is 2.32. The fraction of sp³-hybridized carbons (Fsp3) is 0.105. The summed E-state index contributed by atoms with van der Waals surface area (Å²) >= 11 is 0. The number of rotatable bonds is 0. The highest BCUT2D eigenvalue weighted by Gasteiger charge is 2.40. The summed E-state index contributed by atoms with van der Waals surface area (Å²) in [5.41, 5.74) is 10.4. The number of nitrogens with zero attached hydrogens (tertiary/aromatic N) is 1. The van der Waals surface area contributed by atoms with Crippen LogP contribution in [0.2, 0.25) is 0 Å². The van der Waals surface area contributed by atoms with E-state index in [1.54, 1.807) is 0 Å². The molecule has 0 spiro atoms. The molecule has 2 aromatic carbocycles. The zero-order valence-corrected chi connectivity index (χ0v) is 12.4. The maximum Gasteiger partial charge on any atom is 0.257 e. The SMILES string of the molecule is Nc1ccc2c(c1)NC1c3cccc4c3=C(CC=CC=4)C(=O)N21. The number of nitrogen functional groups attached to an aromatic ring is 1. The van der Waals surface area contributed by atoms with Gasteiger partial charge < -0.3 is 11.1 Å². The van der Waals surface area contributed by atoms with Crippen molar-refractivity contribution in [2.75, 3.05) is 16.0 Å². The van der Waals surface area contributed by atoms with Gasteiger partial charge in [0.1, 0.15) is 6.17 Å². The Bertz CT molecular complexity index is 1020. The zero-order valence-electron chi connectivity index (χ0n) is 12.4. The predicted octanol–water partition coefficient (Wildman–Crippen LogP) is 1.63. The smallest absolute Gasteiger partial charge is 0.257 e. The van der Waals surface area contributed by atoms with Crippen molar-refractivity contribution < 1.29 is 4.79 Å². The number of hydrogen-bond donors (Lipinski definition) is 2. The third-order valence-corrected chi connectivity index (χ3v) is 4.77. The van der Waals surface area contributed by atoms with E-state index in [9.17, 15) is 4.79 Å². The van der Waals surface area contributed by atoms with Crippen LogP contribution in [0.3, 0.4) is 0 Å². The molecule has 1 aliphatic carbocycles. The van der Waals surface area contributed by atoms with Crippen LogP contribution in [0.1, 0.15) is 18.2 Å². The fourth-order valence-corrected chi connectivity index (χ4v) is 3.78. The Labute approximate surface area is 133 Å². The molecule has 2 aromatic rings. The summed E-state index contributed by atoms with van der Waals surface area (Å²) < 4.78 is 0. The molecule has 0 saturated heterocycles. The Morgan fingerprint density at radius 3 is 3.04 bits per heavy atom. The quantitative estimate of drug-likeness (QED) is 0.727. The number of nitrogens with one attached hydrogen (secondary N) is 1. The van der Waals surface area contributed by atoms with Gasteiger partial charge >= 0.3 is 0 Å². The molecule has 1 atom stereocenters. The van der Waals surface area contributed by atoms with Crippen LogP contribution in [0.25, 0.3) is 11.6 Å². The van der Waals surface area contributed by atoms with Gasteiger partial charge in [0.2, 0.25) is 0 Å². The average Bonchev–Trinajstić information content (AvgIpc) is 2.78. The molecule has 1 amide bonds. The molecule has 2 aliphatic heterocycles. The number of allylic oxidation sites excluding steroid dienone is 2. The topological polar surface area (TPSA) is 58.4 Å². The van der Waals surface area contributed by atoms with Gasteiger partial charge in [-0.05, 0) is 35.1 Å². The summed E-state index contributed by atoms with van der Waals surface area (Å²) in [5, 5.41) is 5.65. The first-order valence-corrected chi connectivity index (χ1v) is 7.72. The Morgan fingerprint density at radius 2 is 2.13 bits per heavy atom. The van der Waals surface area contributed by atoms with Gasteiger partial charge in [-0.2, -0.15) is 0 Å². The zero-order chi connectivity index (χ0) is 15.6. The molecule has 0 bridgehead atoms. The van der Waals surface area contributed by atoms with E-state index in [0.717, 1.165) is 32.9 Å². The van der Waals surface area contributed by atoms with Crippen molar-refractivity contribution in [1.82, 2.24) is 0 Å². The molecule has 0 aromatic heterocycles. The molecule has 112 valence electrons. The first-order chi connectivity index (χ1) is 11.2. The van der Waals surface area contributed by atoms with Crippen LogP contribution in [0, 0.1) is 0 Å². The van der Waals surface area contributed by atoms with E-state index in [0.29, 0.717) is 12.1 Å². The lowest BCUT2D eigenvalue weighted by molar-refractivity contribution is -0.114. The number of anilines is 3. The number of hydrogen-bond acceptors (Lipinski definition) is 3. The van der Waals surface area contributed by atoms with Gasteiger partial charge in [0.15, 0.2) is 0 Å². The van der Waals surface area contributed by atoms with Crippen LogP contribution in [-0.2, 0) is 4.79 Å². The van der Waals surface area contributed by atoms with Crippen molar-refractivity contribution in [3.63, 3.8) is 0 Å². The summed E-state index contributed by atoms with van der Waals surface area (Å²) in [7, 11) is 0. The number of benzene rings is 2. The Balaban J connectivity index is 1.83. The molecule has 23 heavy (non-hydrogen) atoms. The standard InChI is InChI=1S/C19H15N3O/c20-12-8-9-16-15(10-12)21-18-13-7-3-5-11-4-1-2-6-14(17(11)13)19(23)22(16)18/h1-5,7-10,18,21H,6,20H2. The third-order valence-electron chi connectivity index (χ3n) is 4.77. The van der Waals surface area contributed by atoms with Gasteiger partial charge in [0.25, 0.3) is 5.91 Å². The highest BCUT2D eigenvalue weighted by Crippen LogP contribution is 2.43. The minimum atomic E-state index is -0.163. The summed E-state index contributed by atoms with van der Waals surface area (Å²) in [4.78, 5) is 15.0. The van der Waals surface area contributed by atoms with Crippen molar-refractivity contribution in [2.24, 2.45) is 0 Å². The molecule has 3 aliphatic rings. The van der Waals surface area contributed by atoms with E-state index >= 15 is 0 Å². The Morgan fingerprint density at radius 1 is 1.22 bits per heavy atom. The molecule has 1 unspecified atom stereocenters. The highest BCUT2D eigenvalue weighted by molar-refractivity contribution is 6.25. The molecule has 4 heteroatoms. The second-order valence-electron chi connectivity index (χ2n) is 6.09. The van der Waals surface area contributed by atoms with E-state index in [4.69, 9.17) is 5.73 Å². The second-order valence-corrected chi connectivity index (χ2v) is 6.09. The minimum Gasteiger partial charge on any atom is -0.399 e. The molecular formula is C19H15N3O. The van der Waals surface area contributed by atoms with Gasteiger partial charge in [-0.15, -0.1) is 0 Å². The van der Waals surface area contributed by atoms with Crippen molar-refractivity contribution in [3.05, 3.63) is 64.6 Å². The van der Waals surface area contributed by atoms with Gasteiger partial charge in [0.05, 0.1) is 11.4 Å². The van der Waals surface area contributed by atoms with Crippen molar-refractivity contribution in [1.29, 1.82) is 0 Å². The number of nitrogens with two attached hydrogens (primary N) is 1. The van der Waals surface area contributed by atoms with E-state index in [1.165, 1.54) is 0 Å². The monoisotopic (exact) mass is 301 g/mol. The summed E-state index contributed by atoms with van der Waals surface area (Å²) in [6, 6.07) is 11.9. The number of fused-ring (bicyclic) bond motifs is 4. The summed E-state index contributed by atoms with van der Waals surface area (Å²) in [5.74, 6) is 0.0749. The van der Waals surface area contributed by atoms with Crippen molar-refractivity contribution >= 4 is 34.6 Å². The van der Waals surface area contributed by atoms with Gasteiger partial charge in [-0.25, -0.2) is 0 Å². The van der Waals surface area contributed by atoms with Crippen LogP contribution < -0.4 is 26.4 Å². The van der Waals surface area contributed by atoms with E-state index < -0.39 is 0 Å². The van der Waals surface area contributed by atoms with Crippen LogP contribution in [-0.4, -0.2) is 5.91 Å². The molecule has 0 saturated carbocycles. The highest BCUT2D eigenvalue weighted by atomic mass is 16.2. The lowest BCUT2D eigenvalue weighted by Gasteiger charge is -2.31. The summed E-state index contributed by atoms with van der Waals surface area (Å²) in [6.07, 6.45) is 6.65. The maximum atomic E-state index is 13.2. The Hall–Kier alpha value is -3.01. The molecule has 0 radical (unpaired) electrons. The van der Waals surface area contributed by atoms with E-state index in [-0.39, 0.29) is 12.1 Å². The van der Waals surface area contributed by atoms with Crippen molar-refractivity contribution in [2.45, 2.75) is 12.6 Å². The maximum absolute atomic E-state index is 13.2. The number of carbonyl (C=O) groups is 1.